The summed E-state index contributed by atoms with van der Waals surface area (Å²) in [5, 5.41) is 4.44. The lowest BCUT2D eigenvalue weighted by molar-refractivity contribution is 0.239. The monoisotopic (exact) mass is 466 g/mol. The van der Waals surface area contributed by atoms with Gasteiger partial charge in [-0.3, -0.25) is 4.98 Å². The molecule has 0 spiro atoms. The molecule has 0 amide bonds. The van der Waals surface area contributed by atoms with Crippen LogP contribution in [0.5, 0.6) is 0 Å². The topological polar surface area (TPSA) is 33.1 Å². The van der Waals surface area contributed by atoms with Crippen LogP contribution in [0.3, 0.4) is 0 Å². The van der Waals surface area contributed by atoms with E-state index in [2.05, 4.69) is 90.4 Å². The molecule has 1 aliphatic heterocycles. The summed E-state index contributed by atoms with van der Waals surface area (Å²) in [6, 6.07) is 19.5. The van der Waals surface area contributed by atoms with Gasteiger partial charge in [0.1, 0.15) is 0 Å². The van der Waals surface area contributed by atoms with E-state index in [1.165, 1.54) is 31.4 Å². The van der Waals surface area contributed by atoms with Gasteiger partial charge in [0, 0.05) is 34.3 Å². The fraction of sp³-hybridized carbons (Fsp3) is 0.304. The molecule has 5 rings (SSSR count). The van der Waals surface area contributed by atoms with Gasteiger partial charge in [0.25, 0.3) is 0 Å². The van der Waals surface area contributed by atoms with Crippen molar-refractivity contribution < 1.29 is 0 Å². The molecule has 4 nitrogen and oxygen atoms in total. The van der Waals surface area contributed by atoms with Crippen molar-refractivity contribution in [3.05, 3.63) is 82.9 Å². The van der Waals surface area contributed by atoms with Crippen molar-refractivity contribution in [2.24, 2.45) is 0 Å². The smallest absolute Gasteiger partial charge is 0.170 e. The maximum Gasteiger partial charge on any atom is 0.170 e. The molecule has 148 valence electrons. The minimum Gasteiger partial charge on any atom is -0.352 e. The second-order valence-electron chi connectivity index (χ2n) is 7.76. The van der Waals surface area contributed by atoms with E-state index in [-0.39, 0.29) is 12.1 Å². The zero-order chi connectivity index (χ0) is 19.8. The quantitative estimate of drug-likeness (QED) is 0.510. The molecule has 3 heterocycles. The predicted octanol–water partition coefficient (Wildman–Crippen LogP) is 5.55. The Labute approximate surface area is 185 Å². The zero-order valence-electron chi connectivity index (χ0n) is 16.0. The number of nitrogens with zero attached hydrogens (tertiary/aromatic N) is 3. The molecule has 6 heteroatoms. The Balaban J connectivity index is 1.62. The highest BCUT2D eigenvalue weighted by molar-refractivity contribution is 9.10. The summed E-state index contributed by atoms with van der Waals surface area (Å²) in [5.41, 5.74) is 3.41. The van der Waals surface area contributed by atoms with E-state index >= 15 is 0 Å². The highest BCUT2D eigenvalue weighted by atomic mass is 79.9. The SMILES string of the molecule is S=C1N[C@H](c2ccccn2)[C@@H](c2cccn2-c2cccc(Br)c2)N1C1CCCC1. The molecule has 2 aromatic heterocycles. The Bertz CT molecular complexity index is 1010. The highest BCUT2D eigenvalue weighted by Gasteiger charge is 2.44. The van der Waals surface area contributed by atoms with E-state index in [0.29, 0.717) is 6.04 Å². The summed E-state index contributed by atoms with van der Waals surface area (Å²) in [5.74, 6) is 0. The van der Waals surface area contributed by atoms with Gasteiger partial charge in [0.2, 0.25) is 0 Å². The number of rotatable bonds is 4. The van der Waals surface area contributed by atoms with Crippen LogP contribution in [0, 0.1) is 0 Å². The van der Waals surface area contributed by atoms with Crippen LogP contribution in [0.2, 0.25) is 0 Å². The van der Waals surface area contributed by atoms with Gasteiger partial charge < -0.3 is 14.8 Å². The molecule has 0 unspecified atom stereocenters. The number of hydrogen-bond donors (Lipinski definition) is 1. The summed E-state index contributed by atoms with van der Waals surface area (Å²) in [4.78, 5) is 7.12. The van der Waals surface area contributed by atoms with Crippen molar-refractivity contribution in [3.63, 3.8) is 0 Å². The van der Waals surface area contributed by atoms with Gasteiger partial charge in [-0.15, -0.1) is 0 Å². The van der Waals surface area contributed by atoms with Crippen LogP contribution >= 0.6 is 28.1 Å². The average molecular weight is 467 g/mol. The maximum atomic E-state index is 5.86. The summed E-state index contributed by atoms with van der Waals surface area (Å²) in [6.07, 6.45) is 8.95. The van der Waals surface area contributed by atoms with E-state index < -0.39 is 0 Å². The van der Waals surface area contributed by atoms with Crippen molar-refractivity contribution in [1.82, 2.24) is 19.8 Å². The first-order valence-electron chi connectivity index (χ1n) is 10.2. The Morgan fingerprint density at radius 1 is 1.03 bits per heavy atom. The molecule has 1 aromatic carbocycles. The van der Waals surface area contributed by atoms with Crippen LogP contribution in [0.4, 0.5) is 0 Å². The van der Waals surface area contributed by atoms with E-state index in [1.54, 1.807) is 0 Å². The first-order chi connectivity index (χ1) is 14.2. The largest absolute Gasteiger partial charge is 0.352 e. The van der Waals surface area contributed by atoms with Crippen molar-refractivity contribution in [3.8, 4) is 5.69 Å². The van der Waals surface area contributed by atoms with E-state index in [4.69, 9.17) is 12.2 Å². The maximum absolute atomic E-state index is 5.86. The number of thiocarbonyl (C=S) groups is 1. The first-order valence-corrected chi connectivity index (χ1v) is 11.4. The van der Waals surface area contributed by atoms with Gasteiger partial charge in [-0.25, -0.2) is 0 Å². The third-order valence-electron chi connectivity index (χ3n) is 6.02. The molecule has 0 radical (unpaired) electrons. The van der Waals surface area contributed by atoms with Gasteiger partial charge in [0.15, 0.2) is 5.11 Å². The van der Waals surface area contributed by atoms with Gasteiger partial charge in [-0.05, 0) is 67.5 Å². The van der Waals surface area contributed by atoms with Crippen LogP contribution < -0.4 is 5.32 Å². The second-order valence-corrected chi connectivity index (χ2v) is 9.06. The van der Waals surface area contributed by atoms with Crippen molar-refractivity contribution in [2.75, 3.05) is 0 Å². The second kappa shape index (κ2) is 7.92. The summed E-state index contributed by atoms with van der Waals surface area (Å²) in [6.45, 7) is 0. The number of benzene rings is 1. The molecular weight excluding hydrogens is 444 g/mol. The molecule has 3 aromatic rings. The molecule has 1 saturated heterocycles. The van der Waals surface area contributed by atoms with Gasteiger partial charge in [0.05, 0.1) is 17.8 Å². The molecule has 2 fully saturated rings. The molecule has 29 heavy (non-hydrogen) atoms. The molecule has 2 atom stereocenters. The number of aromatic nitrogens is 2. The van der Waals surface area contributed by atoms with E-state index in [1.807, 2.05) is 12.3 Å². The van der Waals surface area contributed by atoms with Crippen LogP contribution in [0.25, 0.3) is 5.69 Å². The standard InChI is InChI=1S/C23H23BrN4S/c24-16-7-5-10-18(15-16)27-14-6-12-20(27)22-21(19-11-3-4-13-25-19)26-23(29)28(22)17-8-1-2-9-17/h3-7,10-15,17,21-22H,1-2,8-9H2,(H,26,29)/t21-,22-/m1/s1. The fourth-order valence-electron chi connectivity index (χ4n) is 4.75. The number of nitrogens with one attached hydrogen (secondary N) is 1. The zero-order valence-corrected chi connectivity index (χ0v) is 18.4. The Hall–Kier alpha value is -2.18. The third-order valence-corrected chi connectivity index (χ3v) is 6.85. The molecule has 1 saturated carbocycles. The lowest BCUT2D eigenvalue weighted by Crippen LogP contribution is -2.38. The third kappa shape index (κ3) is 3.49. The first kappa shape index (κ1) is 18.8. The molecule has 1 aliphatic carbocycles. The average Bonchev–Trinajstić information content (AvgIpc) is 3.48. The summed E-state index contributed by atoms with van der Waals surface area (Å²) in [7, 11) is 0. The number of pyridine rings is 1. The Kier molecular flexibility index (Phi) is 5.14. The van der Waals surface area contributed by atoms with Gasteiger partial charge in [-0.1, -0.05) is 40.9 Å². The number of hydrogen-bond acceptors (Lipinski definition) is 2. The molecular formula is C23H23BrN4S. The minimum absolute atomic E-state index is 0.0325. The van der Waals surface area contributed by atoms with Crippen LogP contribution in [-0.2, 0) is 0 Å². The Morgan fingerprint density at radius 2 is 1.90 bits per heavy atom. The van der Waals surface area contributed by atoms with Crippen molar-refractivity contribution in [2.45, 2.75) is 43.8 Å². The van der Waals surface area contributed by atoms with Gasteiger partial charge >= 0.3 is 0 Å². The summed E-state index contributed by atoms with van der Waals surface area (Å²) < 4.78 is 3.35. The summed E-state index contributed by atoms with van der Waals surface area (Å²) >= 11 is 9.47. The van der Waals surface area contributed by atoms with Crippen molar-refractivity contribution in [1.29, 1.82) is 0 Å². The minimum atomic E-state index is 0.0325. The molecule has 2 aliphatic rings. The van der Waals surface area contributed by atoms with E-state index in [9.17, 15) is 0 Å². The van der Waals surface area contributed by atoms with Gasteiger partial charge in [-0.2, -0.15) is 0 Å². The Morgan fingerprint density at radius 3 is 2.66 bits per heavy atom. The lowest BCUT2D eigenvalue weighted by atomic mass is 9.99. The fourth-order valence-corrected chi connectivity index (χ4v) is 5.53. The highest BCUT2D eigenvalue weighted by Crippen LogP contribution is 2.43. The number of halogens is 1. The van der Waals surface area contributed by atoms with Crippen LogP contribution in [0.1, 0.15) is 49.2 Å². The molecule has 0 bridgehead atoms. The predicted molar refractivity (Wildman–Crippen MR) is 123 cm³/mol. The van der Waals surface area contributed by atoms with E-state index in [0.717, 1.165) is 21.0 Å². The van der Waals surface area contributed by atoms with Crippen molar-refractivity contribution >= 4 is 33.3 Å². The lowest BCUT2D eigenvalue weighted by Gasteiger charge is -2.33. The molecule has 1 N–H and O–H groups in total. The normalized spacial score (nSPS) is 22.2. The van der Waals surface area contributed by atoms with Crippen LogP contribution in [-0.4, -0.2) is 25.6 Å². The van der Waals surface area contributed by atoms with Crippen LogP contribution in [0.15, 0.2) is 71.5 Å².